The average Bonchev–Trinajstić information content (AvgIpc) is 3.13. The Hall–Kier alpha value is -2.18. The summed E-state index contributed by atoms with van der Waals surface area (Å²) in [6.07, 6.45) is 4.60. The van der Waals surface area contributed by atoms with Gasteiger partial charge in [-0.1, -0.05) is 0 Å². The maximum atomic E-state index is 12.5. The molecule has 0 radical (unpaired) electrons. The lowest BCUT2D eigenvalue weighted by Gasteiger charge is -2.26. The highest BCUT2D eigenvalue weighted by atomic mass is 32.1. The van der Waals surface area contributed by atoms with E-state index < -0.39 is 0 Å². The zero-order chi connectivity index (χ0) is 17.9. The number of amides is 2. The molecule has 2 heterocycles. The minimum atomic E-state index is -0.0725. The van der Waals surface area contributed by atoms with Crippen LogP contribution in [0.25, 0.3) is 0 Å². The first kappa shape index (κ1) is 17.2. The Morgan fingerprint density at radius 2 is 1.77 bits per heavy atom. The number of ether oxygens (including phenoxy) is 1. The second-order valence-corrected chi connectivity index (χ2v) is 7.84. The Kier molecular flexibility index (Phi) is 5.04. The number of thiophene rings is 1. The number of carbonyl (C=O) groups excluding carboxylic acids is 2. The van der Waals surface area contributed by atoms with Crippen LogP contribution < -0.4 is 5.32 Å². The van der Waals surface area contributed by atoms with Gasteiger partial charge in [0.2, 0.25) is 0 Å². The molecule has 5 nitrogen and oxygen atoms in total. The first-order valence-corrected chi connectivity index (χ1v) is 9.92. The molecule has 1 aliphatic heterocycles. The standard InChI is InChI=1S/C20H22N2O3S/c23-19(18-13-15-3-1-2-4-17(15)26-18)21-16-7-5-14(6-8-16)20(24)22-9-11-25-12-10-22/h5-8,13H,1-4,9-12H2,(H,21,23). The van der Waals surface area contributed by atoms with Gasteiger partial charge in [0.1, 0.15) is 0 Å². The van der Waals surface area contributed by atoms with E-state index in [4.69, 9.17) is 4.74 Å². The first-order chi connectivity index (χ1) is 12.7. The van der Waals surface area contributed by atoms with Gasteiger partial charge in [-0.3, -0.25) is 9.59 Å². The molecule has 6 heteroatoms. The molecule has 2 aromatic rings. The molecule has 136 valence electrons. The number of benzene rings is 1. The SMILES string of the molecule is O=C(Nc1ccc(C(=O)N2CCOCC2)cc1)c1cc2c(s1)CCCC2. The van der Waals surface area contributed by atoms with Crippen molar-refractivity contribution in [3.05, 3.63) is 51.2 Å². The van der Waals surface area contributed by atoms with Gasteiger partial charge in [-0.15, -0.1) is 11.3 Å². The second-order valence-electron chi connectivity index (χ2n) is 6.70. The Labute approximate surface area is 157 Å². The fraction of sp³-hybridized carbons (Fsp3) is 0.400. The maximum Gasteiger partial charge on any atom is 0.265 e. The minimum Gasteiger partial charge on any atom is -0.378 e. The quantitative estimate of drug-likeness (QED) is 0.901. The molecule has 26 heavy (non-hydrogen) atoms. The number of nitrogens with one attached hydrogen (secondary N) is 1. The highest BCUT2D eigenvalue weighted by molar-refractivity contribution is 7.14. The lowest BCUT2D eigenvalue weighted by molar-refractivity contribution is 0.0303. The van der Waals surface area contributed by atoms with Crippen molar-refractivity contribution in [2.24, 2.45) is 0 Å². The van der Waals surface area contributed by atoms with Gasteiger partial charge in [0.15, 0.2) is 0 Å². The number of carbonyl (C=O) groups is 2. The lowest BCUT2D eigenvalue weighted by Crippen LogP contribution is -2.40. The van der Waals surface area contributed by atoms with Crippen LogP contribution in [0.3, 0.4) is 0 Å². The van der Waals surface area contributed by atoms with Crippen LogP contribution in [-0.4, -0.2) is 43.0 Å². The monoisotopic (exact) mass is 370 g/mol. The van der Waals surface area contributed by atoms with E-state index in [1.54, 1.807) is 40.5 Å². The number of anilines is 1. The zero-order valence-electron chi connectivity index (χ0n) is 14.6. The third-order valence-corrected chi connectivity index (χ3v) is 6.14. The Morgan fingerprint density at radius 1 is 1.04 bits per heavy atom. The summed E-state index contributed by atoms with van der Waals surface area (Å²) in [5.74, 6) is -0.0613. The van der Waals surface area contributed by atoms with E-state index >= 15 is 0 Å². The van der Waals surface area contributed by atoms with E-state index in [1.165, 1.54) is 23.3 Å². The number of fused-ring (bicyclic) bond motifs is 1. The predicted molar refractivity (Wildman–Crippen MR) is 102 cm³/mol. The van der Waals surface area contributed by atoms with Crippen LogP contribution in [0.4, 0.5) is 5.69 Å². The summed E-state index contributed by atoms with van der Waals surface area (Å²) in [5, 5.41) is 2.94. The summed E-state index contributed by atoms with van der Waals surface area (Å²) in [6.45, 7) is 2.43. The molecule has 4 rings (SSSR count). The molecule has 0 spiro atoms. The van der Waals surface area contributed by atoms with E-state index in [9.17, 15) is 9.59 Å². The van der Waals surface area contributed by atoms with Crippen molar-refractivity contribution in [3.8, 4) is 0 Å². The van der Waals surface area contributed by atoms with Crippen molar-refractivity contribution in [1.29, 1.82) is 0 Å². The van der Waals surface area contributed by atoms with Crippen LogP contribution in [0, 0.1) is 0 Å². The van der Waals surface area contributed by atoms with Gasteiger partial charge in [-0.2, -0.15) is 0 Å². The highest BCUT2D eigenvalue weighted by Gasteiger charge is 2.19. The minimum absolute atomic E-state index is 0.0112. The normalized spacial score (nSPS) is 16.8. The van der Waals surface area contributed by atoms with Crippen molar-refractivity contribution in [2.75, 3.05) is 31.6 Å². The van der Waals surface area contributed by atoms with E-state index in [-0.39, 0.29) is 11.8 Å². The molecule has 2 aliphatic rings. The topological polar surface area (TPSA) is 58.6 Å². The Bertz CT molecular complexity index is 783. The second kappa shape index (κ2) is 7.60. The van der Waals surface area contributed by atoms with Gasteiger partial charge in [-0.05, 0) is 61.6 Å². The van der Waals surface area contributed by atoms with Crippen molar-refractivity contribution >= 4 is 28.8 Å². The molecule has 0 bridgehead atoms. The molecule has 0 saturated carbocycles. The molecular formula is C20H22N2O3S. The van der Waals surface area contributed by atoms with Crippen LogP contribution in [-0.2, 0) is 17.6 Å². The molecule has 1 aliphatic carbocycles. The lowest BCUT2D eigenvalue weighted by atomic mass is 9.99. The highest BCUT2D eigenvalue weighted by Crippen LogP contribution is 2.30. The third-order valence-electron chi connectivity index (χ3n) is 4.91. The molecule has 0 unspecified atom stereocenters. The van der Waals surface area contributed by atoms with Crippen molar-refractivity contribution < 1.29 is 14.3 Å². The molecule has 0 atom stereocenters. The number of nitrogens with zero attached hydrogens (tertiary/aromatic N) is 1. The van der Waals surface area contributed by atoms with Crippen molar-refractivity contribution in [3.63, 3.8) is 0 Å². The summed E-state index contributed by atoms with van der Waals surface area (Å²) < 4.78 is 5.28. The first-order valence-electron chi connectivity index (χ1n) is 9.11. The number of rotatable bonds is 3. The van der Waals surface area contributed by atoms with Gasteiger partial charge in [0.25, 0.3) is 11.8 Å². The largest absolute Gasteiger partial charge is 0.378 e. The maximum absolute atomic E-state index is 12.5. The average molecular weight is 370 g/mol. The molecule has 1 aromatic carbocycles. The van der Waals surface area contributed by atoms with Gasteiger partial charge in [0, 0.05) is 29.2 Å². The van der Waals surface area contributed by atoms with Crippen LogP contribution in [0.1, 0.15) is 43.3 Å². The summed E-state index contributed by atoms with van der Waals surface area (Å²) in [7, 11) is 0. The summed E-state index contributed by atoms with van der Waals surface area (Å²) in [4.78, 5) is 28.9. The predicted octanol–water partition coefficient (Wildman–Crippen LogP) is 3.35. The van der Waals surface area contributed by atoms with Gasteiger partial charge in [-0.25, -0.2) is 0 Å². The van der Waals surface area contributed by atoms with E-state index in [1.807, 2.05) is 6.07 Å². The number of hydrogen-bond acceptors (Lipinski definition) is 4. The summed E-state index contributed by atoms with van der Waals surface area (Å²) in [5.41, 5.74) is 2.68. The van der Waals surface area contributed by atoms with Gasteiger partial charge in [0.05, 0.1) is 18.1 Å². The summed E-state index contributed by atoms with van der Waals surface area (Å²) >= 11 is 1.60. The molecular weight excluding hydrogens is 348 g/mol. The smallest absolute Gasteiger partial charge is 0.265 e. The molecule has 1 aromatic heterocycles. The fourth-order valence-corrected chi connectivity index (χ4v) is 4.59. The zero-order valence-corrected chi connectivity index (χ0v) is 15.4. The van der Waals surface area contributed by atoms with Gasteiger partial charge < -0.3 is 15.0 Å². The number of hydrogen-bond donors (Lipinski definition) is 1. The Morgan fingerprint density at radius 3 is 2.50 bits per heavy atom. The molecule has 1 N–H and O–H groups in total. The summed E-state index contributed by atoms with van der Waals surface area (Å²) in [6, 6.07) is 9.16. The van der Waals surface area contributed by atoms with Crippen LogP contribution in [0.5, 0.6) is 0 Å². The van der Waals surface area contributed by atoms with E-state index in [0.29, 0.717) is 37.6 Å². The Balaban J connectivity index is 1.41. The van der Waals surface area contributed by atoms with Crippen LogP contribution in [0.2, 0.25) is 0 Å². The molecule has 1 fully saturated rings. The molecule has 2 amide bonds. The van der Waals surface area contributed by atoms with Crippen molar-refractivity contribution in [2.45, 2.75) is 25.7 Å². The van der Waals surface area contributed by atoms with Crippen LogP contribution >= 0.6 is 11.3 Å². The van der Waals surface area contributed by atoms with Gasteiger partial charge >= 0.3 is 0 Å². The third kappa shape index (κ3) is 3.66. The van der Waals surface area contributed by atoms with Crippen LogP contribution in [0.15, 0.2) is 30.3 Å². The fourth-order valence-electron chi connectivity index (χ4n) is 3.44. The number of morpholine rings is 1. The number of aryl methyl sites for hydroxylation is 2. The van der Waals surface area contributed by atoms with E-state index in [2.05, 4.69) is 5.32 Å². The van der Waals surface area contributed by atoms with Crippen molar-refractivity contribution in [1.82, 2.24) is 4.90 Å². The van der Waals surface area contributed by atoms with E-state index in [0.717, 1.165) is 17.7 Å². The molecule has 1 saturated heterocycles.